The summed E-state index contributed by atoms with van der Waals surface area (Å²) in [5.74, 6) is 1.69. The van der Waals surface area contributed by atoms with Gasteiger partial charge in [-0.1, -0.05) is 25.0 Å². The summed E-state index contributed by atoms with van der Waals surface area (Å²) < 4.78 is 1.02. The van der Waals surface area contributed by atoms with E-state index >= 15 is 0 Å². The number of halogens is 1. The molecule has 1 aromatic carbocycles. The molecule has 0 spiro atoms. The minimum absolute atomic E-state index is 0.557. The fourth-order valence-corrected chi connectivity index (χ4v) is 2.87. The number of benzene rings is 1. The van der Waals surface area contributed by atoms with Crippen LogP contribution in [0.15, 0.2) is 41.1 Å². The molecule has 2 N–H and O–H groups in total. The van der Waals surface area contributed by atoms with Crippen LogP contribution in [0.3, 0.4) is 0 Å². The van der Waals surface area contributed by atoms with Crippen LogP contribution in [0.5, 0.6) is 0 Å². The van der Waals surface area contributed by atoms with Gasteiger partial charge in [-0.3, -0.25) is 0 Å². The topological polar surface area (TPSA) is 49.8 Å². The van der Waals surface area contributed by atoms with Gasteiger partial charge in [0.2, 0.25) is 0 Å². The van der Waals surface area contributed by atoms with Crippen molar-refractivity contribution in [2.24, 2.45) is 0 Å². The normalized spacial score (nSPS) is 15.2. The van der Waals surface area contributed by atoms with Gasteiger partial charge in [0, 0.05) is 16.6 Å². The molecule has 5 heteroatoms. The molecule has 1 heterocycles. The van der Waals surface area contributed by atoms with Gasteiger partial charge < -0.3 is 10.6 Å². The molecule has 0 radical (unpaired) electrons. The van der Waals surface area contributed by atoms with Gasteiger partial charge in [-0.25, -0.2) is 9.97 Å². The number of aromatic nitrogens is 2. The number of hydrogen-bond donors (Lipinski definition) is 2. The van der Waals surface area contributed by atoms with Gasteiger partial charge in [0.15, 0.2) is 0 Å². The SMILES string of the molecule is Brc1ccccc1Nc1cc(NC2CCCC2)ncn1. The van der Waals surface area contributed by atoms with E-state index in [-0.39, 0.29) is 0 Å². The average molecular weight is 333 g/mol. The third-order valence-electron chi connectivity index (χ3n) is 3.51. The Morgan fingerprint density at radius 3 is 2.60 bits per heavy atom. The highest BCUT2D eigenvalue weighted by Crippen LogP contribution is 2.26. The molecule has 20 heavy (non-hydrogen) atoms. The first-order chi connectivity index (χ1) is 9.81. The predicted molar refractivity (Wildman–Crippen MR) is 85.3 cm³/mol. The molecule has 1 fully saturated rings. The van der Waals surface area contributed by atoms with Crippen LogP contribution in [0.1, 0.15) is 25.7 Å². The fourth-order valence-electron chi connectivity index (χ4n) is 2.48. The van der Waals surface area contributed by atoms with E-state index in [1.165, 1.54) is 25.7 Å². The summed E-state index contributed by atoms with van der Waals surface area (Å²) in [6.07, 6.45) is 6.68. The Morgan fingerprint density at radius 1 is 1.05 bits per heavy atom. The van der Waals surface area contributed by atoms with Crippen molar-refractivity contribution < 1.29 is 0 Å². The molecule has 2 aromatic rings. The zero-order chi connectivity index (χ0) is 13.8. The zero-order valence-electron chi connectivity index (χ0n) is 11.1. The highest BCUT2D eigenvalue weighted by molar-refractivity contribution is 9.10. The molecule has 104 valence electrons. The first-order valence-electron chi connectivity index (χ1n) is 6.91. The maximum absolute atomic E-state index is 4.29. The Hall–Kier alpha value is -1.62. The zero-order valence-corrected chi connectivity index (χ0v) is 12.7. The lowest BCUT2D eigenvalue weighted by atomic mass is 10.2. The molecule has 0 saturated heterocycles. The third-order valence-corrected chi connectivity index (χ3v) is 4.20. The van der Waals surface area contributed by atoms with Crippen molar-refractivity contribution in [1.82, 2.24) is 9.97 Å². The quantitative estimate of drug-likeness (QED) is 0.874. The molecular weight excluding hydrogens is 316 g/mol. The van der Waals surface area contributed by atoms with Crippen LogP contribution in [0, 0.1) is 0 Å². The van der Waals surface area contributed by atoms with E-state index in [0.717, 1.165) is 21.8 Å². The number of anilines is 3. The van der Waals surface area contributed by atoms with E-state index in [1.807, 2.05) is 30.3 Å². The second-order valence-electron chi connectivity index (χ2n) is 5.02. The lowest BCUT2D eigenvalue weighted by Gasteiger charge is -2.13. The van der Waals surface area contributed by atoms with Gasteiger partial charge in [-0.2, -0.15) is 0 Å². The molecule has 1 saturated carbocycles. The highest BCUT2D eigenvalue weighted by atomic mass is 79.9. The number of para-hydroxylation sites is 1. The molecule has 4 nitrogen and oxygen atoms in total. The van der Waals surface area contributed by atoms with E-state index < -0.39 is 0 Å². The van der Waals surface area contributed by atoms with Crippen molar-refractivity contribution in [2.75, 3.05) is 10.6 Å². The van der Waals surface area contributed by atoms with Gasteiger partial charge in [0.05, 0.1) is 5.69 Å². The minimum Gasteiger partial charge on any atom is -0.367 e. The molecule has 0 amide bonds. The molecule has 1 aliphatic rings. The van der Waals surface area contributed by atoms with Gasteiger partial charge in [-0.05, 0) is 40.9 Å². The summed E-state index contributed by atoms with van der Waals surface area (Å²) in [7, 11) is 0. The predicted octanol–water partition coefficient (Wildman–Crippen LogP) is 4.34. The second-order valence-corrected chi connectivity index (χ2v) is 5.87. The van der Waals surface area contributed by atoms with Crippen molar-refractivity contribution >= 4 is 33.3 Å². The van der Waals surface area contributed by atoms with Crippen LogP contribution >= 0.6 is 15.9 Å². The standard InChI is InChI=1S/C15H17BrN4/c16-12-7-3-4-8-13(12)20-15-9-14(17-10-18-15)19-11-5-1-2-6-11/h3-4,7-11H,1-2,5-6H2,(H2,17,18,19,20). The van der Waals surface area contributed by atoms with Crippen LogP contribution < -0.4 is 10.6 Å². The molecule has 0 bridgehead atoms. The lowest BCUT2D eigenvalue weighted by molar-refractivity contribution is 0.750. The molecule has 1 aromatic heterocycles. The summed E-state index contributed by atoms with van der Waals surface area (Å²) >= 11 is 3.52. The number of nitrogens with zero attached hydrogens (tertiary/aromatic N) is 2. The molecule has 0 aliphatic heterocycles. The molecule has 1 aliphatic carbocycles. The van der Waals surface area contributed by atoms with Crippen LogP contribution in [0.2, 0.25) is 0 Å². The summed E-state index contributed by atoms with van der Waals surface area (Å²) in [6.45, 7) is 0. The van der Waals surface area contributed by atoms with Crippen LogP contribution in [0.4, 0.5) is 17.3 Å². The maximum atomic E-state index is 4.29. The summed E-state index contributed by atoms with van der Waals surface area (Å²) in [5.41, 5.74) is 0.998. The summed E-state index contributed by atoms with van der Waals surface area (Å²) in [5, 5.41) is 6.78. The Kier molecular flexibility index (Phi) is 4.16. The summed E-state index contributed by atoms with van der Waals surface area (Å²) in [4.78, 5) is 8.56. The average Bonchev–Trinajstić information content (AvgIpc) is 2.95. The van der Waals surface area contributed by atoms with E-state index in [2.05, 4.69) is 36.5 Å². The van der Waals surface area contributed by atoms with Crippen molar-refractivity contribution in [2.45, 2.75) is 31.7 Å². The van der Waals surface area contributed by atoms with E-state index in [9.17, 15) is 0 Å². The molecular formula is C15H17BrN4. The largest absolute Gasteiger partial charge is 0.367 e. The molecule has 0 unspecified atom stereocenters. The molecule has 0 atom stereocenters. The third kappa shape index (κ3) is 3.28. The van der Waals surface area contributed by atoms with E-state index in [1.54, 1.807) is 6.33 Å². The monoisotopic (exact) mass is 332 g/mol. The Morgan fingerprint density at radius 2 is 1.80 bits per heavy atom. The van der Waals surface area contributed by atoms with Crippen molar-refractivity contribution in [3.8, 4) is 0 Å². The van der Waals surface area contributed by atoms with E-state index in [0.29, 0.717) is 6.04 Å². The van der Waals surface area contributed by atoms with Crippen LogP contribution in [0.25, 0.3) is 0 Å². The number of nitrogens with one attached hydrogen (secondary N) is 2. The van der Waals surface area contributed by atoms with Crippen LogP contribution in [-0.4, -0.2) is 16.0 Å². The maximum Gasteiger partial charge on any atom is 0.135 e. The first kappa shape index (κ1) is 13.4. The van der Waals surface area contributed by atoms with Crippen molar-refractivity contribution in [3.05, 3.63) is 41.1 Å². The molecule has 3 rings (SSSR count). The van der Waals surface area contributed by atoms with Gasteiger partial charge in [0.1, 0.15) is 18.0 Å². The van der Waals surface area contributed by atoms with Gasteiger partial charge in [0.25, 0.3) is 0 Å². The first-order valence-corrected chi connectivity index (χ1v) is 7.71. The minimum atomic E-state index is 0.557. The smallest absolute Gasteiger partial charge is 0.135 e. The number of rotatable bonds is 4. The fraction of sp³-hybridized carbons (Fsp3) is 0.333. The highest BCUT2D eigenvalue weighted by Gasteiger charge is 2.15. The van der Waals surface area contributed by atoms with E-state index in [4.69, 9.17) is 0 Å². The summed E-state index contributed by atoms with van der Waals surface area (Å²) in [6, 6.07) is 10.5. The Balaban J connectivity index is 1.72. The van der Waals surface area contributed by atoms with Crippen molar-refractivity contribution in [3.63, 3.8) is 0 Å². The van der Waals surface area contributed by atoms with Crippen LogP contribution in [-0.2, 0) is 0 Å². The lowest BCUT2D eigenvalue weighted by Crippen LogP contribution is -2.15. The Labute approximate surface area is 127 Å². The van der Waals surface area contributed by atoms with Gasteiger partial charge >= 0.3 is 0 Å². The Bertz CT molecular complexity index is 582. The second kappa shape index (κ2) is 6.22. The van der Waals surface area contributed by atoms with Crippen molar-refractivity contribution in [1.29, 1.82) is 0 Å². The van der Waals surface area contributed by atoms with Gasteiger partial charge in [-0.15, -0.1) is 0 Å². The number of hydrogen-bond acceptors (Lipinski definition) is 4.